The van der Waals surface area contributed by atoms with Gasteiger partial charge in [-0.15, -0.1) is 0 Å². The number of rotatable bonds is 4. The minimum Gasteiger partial charge on any atom is -0.384 e. The van der Waals surface area contributed by atoms with Gasteiger partial charge in [0.25, 0.3) is 9.84 Å². The Morgan fingerprint density at radius 3 is 2.15 bits per heavy atom. The second-order valence-corrected chi connectivity index (χ2v) is 7.59. The first-order chi connectivity index (χ1) is 8.95. The SMILES string of the molecule is CC(C)(C)CCNc1ccccc1S(=O)(=O)C(F)(F)F. The summed E-state index contributed by atoms with van der Waals surface area (Å²) in [6.07, 6.45) is 0.702. The maximum absolute atomic E-state index is 12.6. The van der Waals surface area contributed by atoms with Gasteiger partial charge in [-0.25, -0.2) is 8.42 Å². The first-order valence-corrected chi connectivity index (χ1v) is 7.58. The van der Waals surface area contributed by atoms with E-state index in [0.717, 1.165) is 6.07 Å². The number of hydrogen-bond acceptors (Lipinski definition) is 3. The van der Waals surface area contributed by atoms with Crippen LogP contribution in [0.5, 0.6) is 0 Å². The molecule has 7 heteroatoms. The van der Waals surface area contributed by atoms with Crippen molar-refractivity contribution in [3.63, 3.8) is 0 Å². The number of alkyl halides is 3. The van der Waals surface area contributed by atoms with E-state index in [9.17, 15) is 21.6 Å². The van der Waals surface area contributed by atoms with E-state index < -0.39 is 20.2 Å². The summed E-state index contributed by atoms with van der Waals surface area (Å²) >= 11 is 0. The van der Waals surface area contributed by atoms with Gasteiger partial charge in [0.1, 0.15) is 0 Å². The standard InChI is InChI=1S/C13H18F3NO2S/c1-12(2,3)8-9-17-10-6-4-5-7-11(10)20(18,19)13(14,15)16/h4-7,17H,8-9H2,1-3H3. The van der Waals surface area contributed by atoms with Crippen LogP contribution in [0.2, 0.25) is 0 Å². The van der Waals surface area contributed by atoms with Crippen LogP contribution in [0.25, 0.3) is 0 Å². The average molecular weight is 309 g/mol. The summed E-state index contributed by atoms with van der Waals surface area (Å²) in [7, 11) is -5.34. The Labute approximate surface area is 117 Å². The van der Waals surface area contributed by atoms with Crippen molar-refractivity contribution in [1.82, 2.24) is 0 Å². The third-order valence-corrected chi connectivity index (χ3v) is 4.22. The highest BCUT2D eigenvalue weighted by Crippen LogP contribution is 2.34. The van der Waals surface area contributed by atoms with Crippen LogP contribution in [-0.2, 0) is 9.84 Å². The molecule has 0 spiro atoms. The second-order valence-electron chi connectivity index (χ2n) is 5.68. The fraction of sp³-hybridized carbons (Fsp3) is 0.538. The molecule has 0 unspecified atom stereocenters. The molecule has 20 heavy (non-hydrogen) atoms. The quantitative estimate of drug-likeness (QED) is 0.919. The smallest absolute Gasteiger partial charge is 0.384 e. The number of para-hydroxylation sites is 1. The van der Waals surface area contributed by atoms with Gasteiger partial charge < -0.3 is 5.32 Å². The maximum Gasteiger partial charge on any atom is 0.501 e. The molecule has 0 aliphatic carbocycles. The summed E-state index contributed by atoms with van der Waals surface area (Å²) in [5.41, 5.74) is -5.31. The summed E-state index contributed by atoms with van der Waals surface area (Å²) in [5.74, 6) is 0. The molecule has 0 bridgehead atoms. The minimum absolute atomic E-state index is 0.00481. The highest BCUT2D eigenvalue weighted by molar-refractivity contribution is 7.92. The summed E-state index contributed by atoms with van der Waals surface area (Å²) in [6.45, 7) is 6.38. The lowest BCUT2D eigenvalue weighted by molar-refractivity contribution is -0.0435. The lowest BCUT2D eigenvalue weighted by atomic mass is 9.92. The molecular weight excluding hydrogens is 291 g/mol. The van der Waals surface area contributed by atoms with Gasteiger partial charge in [-0.2, -0.15) is 13.2 Å². The fourth-order valence-electron chi connectivity index (χ4n) is 1.54. The summed E-state index contributed by atoms with van der Waals surface area (Å²) < 4.78 is 60.7. The van der Waals surface area contributed by atoms with Crippen LogP contribution in [0.1, 0.15) is 27.2 Å². The Kier molecular flexibility index (Phi) is 4.74. The van der Waals surface area contributed by atoms with Crippen LogP contribution < -0.4 is 5.32 Å². The van der Waals surface area contributed by atoms with Gasteiger partial charge in [0.05, 0.1) is 10.6 Å². The predicted octanol–water partition coefficient (Wildman–Crippen LogP) is 3.83. The molecule has 0 aromatic heterocycles. The maximum atomic E-state index is 12.6. The molecule has 0 radical (unpaired) electrons. The Morgan fingerprint density at radius 2 is 1.65 bits per heavy atom. The molecule has 1 N–H and O–H groups in total. The fourth-order valence-corrected chi connectivity index (χ4v) is 2.48. The Hall–Kier alpha value is -1.24. The zero-order valence-corrected chi connectivity index (χ0v) is 12.4. The van der Waals surface area contributed by atoms with Gasteiger partial charge in [0.15, 0.2) is 0 Å². The molecule has 0 amide bonds. The summed E-state index contributed by atoms with van der Waals surface area (Å²) in [4.78, 5) is -0.735. The topological polar surface area (TPSA) is 46.2 Å². The number of halogens is 3. The third kappa shape index (κ3) is 4.13. The number of benzene rings is 1. The van der Waals surface area contributed by atoms with E-state index in [1.165, 1.54) is 18.2 Å². The zero-order valence-electron chi connectivity index (χ0n) is 11.6. The molecule has 0 heterocycles. The van der Waals surface area contributed by atoms with E-state index in [2.05, 4.69) is 5.32 Å². The van der Waals surface area contributed by atoms with Crippen molar-refractivity contribution >= 4 is 15.5 Å². The van der Waals surface area contributed by atoms with Crippen molar-refractivity contribution in [2.24, 2.45) is 5.41 Å². The molecule has 114 valence electrons. The normalized spacial score (nSPS) is 13.3. The molecule has 0 fully saturated rings. The van der Waals surface area contributed by atoms with E-state index in [1.54, 1.807) is 0 Å². The van der Waals surface area contributed by atoms with E-state index >= 15 is 0 Å². The molecule has 0 saturated carbocycles. The van der Waals surface area contributed by atoms with Gasteiger partial charge >= 0.3 is 5.51 Å². The molecule has 0 aliphatic rings. The van der Waals surface area contributed by atoms with Crippen molar-refractivity contribution in [1.29, 1.82) is 0 Å². The summed E-state index contributed by atoms with van der Waals surface area (Å²) in [5, 5.41) is 2.77. The average Bonchev–Trinajstić information content (AvgIpc) is 2.26. The van der Waals surface area contributed by atoms with E-state index in [1.807, 2.05) is 20.8 Å². The number of sulfone groups is 1. The Balaban J connectivity index is 3.01. The van der Waals surface area contributed by atoms with Crippen LogP contribution in [0.3, 0.4) is 0 Å². The number of anilines is 1. The largest absolute Gasteiger partial charge is 0.501 e. The van der Waals surface area contributed by atoms with E-state index in [0.29, 0.717) is 13.0 Å². The lowest BCUT2D eigenvalue weighted by Gasteiger charge is -2.19. The van der Waals surface area contributed by atoms with Gasteiger partial charge in [-0.3, -0.25) is 0 Å². The van der Waals surface area contributed by atoms with Crippen LogP contribution in [0.4, 0.5) is 18.9 Å². The Bertz CT molecular complexity index is 560. The van der Waals surface area contributed by atoms with Crippen molar-refractivity contribution in [3.05, 3.63) is 24.3 Å². The highest BCUT2D eigenvalue weighted by atomic mass is 32.2. The lowest BCUT2D eigenvalue weighted by Crippen LogP contribution is -2.24. The van der Waals surface area contributed by atoms with Gasteiger partial charge in [-0.1, -0.05) is 32.9 Å². The first kappa shape index (κ1) is 16.8. The number of nitrogens with one attached hydrogen (secondary N) is 1. The van der Waals surface area contributed by atoms with Crippen molar-refractivity contribution in [2.45, 2.75) is 37.6 Å². The molecule has 0 saturated heterocycles. The highest BCUT2D eigenvalue weighted by Gasteiger charge is 2.47. The molecule has 1 aromatic rings. The monoisotopic (exact) mass is 309 g/mol. The Morgan fingerprint density at radius 1 is 1.10 bits per heavy atom. The van der Waals surface area contributed by atoms with Crippen LogP contribution in [0, 0.1) is 5.41 Å². The van der Waals surface area contributed by atoms with Gasteiger partial charge in [0, 0.05) is 6.54 Å². The molecule has 0 aliphatic heterocycles. The van der Waals surface area contributed by atoms with Crippen LogP contribution in [0.15, 0.2) is 29.2 Å². The van der Waals surface area contributed by atoms with E-state index in [-0.39, 0.29) is 11.1 Å². The van der Waals surface area contributed by atoms with Crippen molar-refractivity contribution in [3.8, 4) is 0 Å². The third-order valence-electron chi connectivity index (χ3n) is 2.67. The predicted molar refractivity (Wildman–Crippen MR) is 72.2 cm³/mol. The molecule has 1 rings (SSSR count). The van der Waals surface area contributed by atoms with Crippen LogP contribution >= 0.6 is 0 Å². The van der Waals surface area contributed by atoms with Crippen molar-refractivity contribution in [2.75, 3.05) is 11.9 Å². The van der Waals surface area contributed by atoms with E-state index in [4.69, 9.17) is 0 Å². The first-order valence-electron chi connectivity index (χ1n) is 6.09. The molecule has 3 nitrogen and oxygen atoms in total. The number of hydrogen-bond donors (Lipinski definition) is 1. The van der Waals surface area contributed by atoms with Crippen LogP contribution in [-0.4, -0.2) is 20.5 Å². The molecule has 0 atom stereocenters. The van der Waals surface area contributed by atoms with Gasteiger partial charge in [-0.05, 0) is 24.0 Å². The summed E-state index contributed by atoms with van der Waals surface area (Å²) in [6, 6.07) is 5.06. The minimum atomic E-state index is -5.34. The molecular formula is C13H18F3NO2S. The molecule has 1 aromatic carbocycles. The van der Waals surface area contributed by atoms with Crippen molar-refractivity contribution < 1.29 is 21.6 Å². The second kappa shape index (κ2) is 5.63. The van der Waals surface area contributed by atoms with Gasteiger partial charge in [0.2, 0.25) is 0 Å². The zero-order chi connectivity index (χ0) is 15.6.